The van der Waals surface area contributed by atoms with E-state index >= 15 is 0 Å². The average Bonchev–Trinajstić information content (AvgIpc) is 2.54. The molecule has 0 spiro atoms. The van der Waals surface area contributed by atoms with Crippen LogP contribution in [0.3, 0.4) is 0 Å². The van der Waals surface area contributed by atoms with Crippen LogP contribution >= 0.6 is 0 Å². The van der Waals surface area contributed by atoms with Crippen molar-refractivity contribution in [3.05, 3.63) is 0 Å². The molecule has 0 aromatic carbocycles. The molecular weight excluding hydrogens is 136 g/mol. The van der Waals surface area contributed by atoms with Gasteiger partial charge in [-0.3, -0.25) is 0 Å². The van der Waals surface area contributed by atoms with Gasteiger partial charge in [-0.1, -0.05) is 0 Å². The second-order valence-electron chi connectivity index (χ2n) is 5.28. The maximum Gasteiger partial charge on any atom is 0.0878 e. The van der Waals surface area contributed by atoms with Gasteiger partial charge in [0.05, 0.1) is 12.2 Å². The minimum absolute atomic E-state index is 0.775. The van der Waals surface area contributed by atoms with E-state index in [0.717, 1.165) is 35.9 Å². The predicted octanol–water partition coefficient (Wildman–Crippen LogP) is 1.29. The lowest BCUT2D eigenvalue weighted by Crippen LogP contribution is -2.59. The van der Waals surface area contributed by atoms with Gasteiger partial charge >= 0.3 is 0 Å². The molecule has 4 aliphatic carbocycles. The molecule has 0 N–H and O–H groups in total. The van der Waals surface area contributed by atoms with E-state index in [2.05, 4.69) is 0 Å². The lowest BCUT2D eigenvalue weighted by molar-refractivity contribution is -0.168. The van der Waals surface area contributed by atoms with Crippen LogP contribution in [0.5, 0.6) is 0 Å². The summed E-state index contributed by atoms with van der Waals surface area (Å²) in [5.41, 5.74) is 0. The van der Waals surface area contributed by atoms with Crippen LogP contribution in [0.25, 0.3) is 0 Å². The monoisotopic (exact) mass is 148 g/mol. The Balaban J connectivity index is 1.77. The Kier molecular flexibility index (Phi) is 0.486. The first-order valence-electron chi connectivity index (χ1n) is 5.12. The lowest BCUT2D eigenvalue weighted by atomic mass is 9.44. The van der Waals surface area contributed by atoms with Crippen molar-refractivity contribution in [1.29, 1.82) is 0 Å². The van der Waals surface area contributed by atoms with Gasteiger partial charge in [0.15, 0.2) is 0 Å². The third kappa shape index (κ3) is 0.286. The molecule has 0 amide bonds. The number of rotatable bonds is 0. The smallest absolute Gasteiger partial charge is 0.0878 e. The van der Waals surface area contributed by atoms with Crippen LogP contribution in [0.4, 0.5) is 0 Å². The number of ether oxygens (including phenoxy) is 1. The Labute approximate surface area is 66.1 Å². The highest BCUT2D eigenvalue weighted by Crippen LogP contribution is 2.81. The number of hydrogen-bond acceptors (Lipinski definition) is 1. The Hall–Kier alpha value is -0.0400. The zero-order valence-electron chi connectivity index (χ0n) is 6.44. The summed E-state index contributed by atoms with van der Waals surface area (Å²) in [5, 5.41) is 0. The van der Waals surface area contributed by atoms with E-state index in [-0.39, 0.29) is 0 Å². The summed E-state index contributed by atoms with van der Waals surface area (Å²) in [6, 6.07) is 0. The molecule has 11 heavy (non-hydrogen) atoms. The van der Waals surface area contributed by atoms with Crippen LogP contribution in [-0.4, -0.2) is 12.2 Å². The van der Waals surface area contributed by atoms with Gasteiger partial charge in [0.25, 0.3) is 0 Å². The maximum absolute atomic E-state index is 5.72. The summed E-state index contributed by atoms with van der Waals surface area (Å²) in [6.45, 7) is 0. The highest BCUT2D eigenvalue weighted by atomic mass is 16.6. The quantitative estimate of drug-likeness (QED) is 0.471. The van der Waals surface area contributed by atoms with Crippen molar-refractivity contribution < 1.29 is 4.74 Å². The molecule has 0 aromatic heterocycles. The molecule has 0 aromatic rings. The van der Waals surface area contributed by atoms with Crippen LogP contribution in [0, 0.1) is 35.5 Å². The molecule has 6 atom stereocenters. The predicted molar refractivity (Wildman–Crippen MR) is 38.8 cm³/mol. The molecule has 5 rings (SSSR count). The molecule has 0 radical (unpaired) electrons. The summed E-state index contributed by atoms with van der Waals surface area (Å²) < 4.78 is 5.72. The third-order valence-electron chi connectivity index (χ3n) is 5.46. The fraction of sp³-hybridized carbons (Fsp3) is 1.00. The van der Waals surface area contributed by atoms with Gasteiger partial charge in [0.1, 0.15) is 0 Å². The second-order valence-corrected chi connectivity index (χ2v) is 5.28. The lowest BCUT2D eigenvalue weighted by Gasteiger charge is -2.60. The molecule has 0 unspecified atom stereocenters. The van der Waals surface area contributed by atoms with Crippen molar-refractivity contribution in [2.24, 2.45) is 35.5 Å². The summed E-state index contributed by atoms with van der Waals surface area (Å²) >= 11 is 0. The van der Waals surface area contributed by atoms with Gasteiger partial charge in [-0.05, 0) is 48.3 Å². The van der Waals surface area contributed by atoms with Crippen molar-refractivity contribution in [1.82, 2.24) is 0 Å². The van der Waals surface area contributed by atoms with Gasteiger partial charge < -0.3 is 4.74 Å². The van der Waals surface area contributed by atoms with Gasteiger partial charge in [0, 0.05) is 0 Å². The molecule has 1 heterocycles. The van der Waals surface area contributed by atoms with E-state index in [4.69, 9.17) is 4.74 Å². The third-order valence-corrected chi connectivity index (χ3v) is 5.46. The molecule has 1 heteroatoms. The summed E-state index contributed by atoms with van der Waals surface area (Å²) in [6.07, 6.45) is 4.66. The van der Waals surface area contributed by atoms with E-state index in [1.54, 1.807) is 12.8 Å². The number of epoxide rings is 1. The Morgan fingerprint density at radius 3 is 2.00 bits per heavy atom. The van der Waals surface area contributed by atoms with Crippen LogP contribution in [-0.2, 0) is 4.74 Å². The first-order valence-corrected chi connectivity index (χ1v) is 5.12. The minimum Gasteiger partial charge on any atom is -0.369 e. The topological polar surface area (TPSA) is 12.5 Å². The number of fused-ring (bicyclic) bond motifs is 5. The molecule has 1 nitrogen and oxygen atoms in total. The Bertz CT molecular complexity index is 227. The zero-order chi connectivity index (χ0) is 6.74. The molecule has 1 aliphatic heterocycles. The standard InChI is InChI=1S/C10H12O/c1-2-4-5-3(1)6-8(5)7(4)10-9(6)11-10/h3-10H,1-2H2/t3-,4-,5?,6-,7-,8?,9-,10-/m1/s1. The largest absolute Gasteiger partial charge is 0.369 e. The fourth-order valence-corrected chi connectivity index (χ4v) is 5.29. The molecule has 1 saturated heterocycles. The van der Waals surface area contributed by atoms with Crippen LogP contribution < -0.4 is 0 Å². The van der Waals surface area contributed by atoms with E-state index in [9.17, 15) is 0 Å². The highest BCUT2D eigenvalue weighted by molar-refractivity contribution is 5.29. The highest BCUT2D eigenvalue weighted by Gasteiger charge is 2.82. The summed E-state index contributed by atoms with van der Waals surface area (Å²) in [7, 11) is 0. The Morgan fingerprint density at radius 1 is 0.727 bits per heavy atom. The van der Waals surface area contributed by atoms with Gasteiger partial charge in [-0.2, -0.15) is 0 Å². The molecule has 4 saturated carbocycles. The Morgan fingerprint density at radius 2 is 1.36 bits per heavy atom. The van der Waals surface area contributed by atoms with E-state index in [1.807, 2.05) is 0 Å². The summed E-state index contributed by atoms with van der Waals surface area (Å²) in [5.74, 6) is 6.79. The zero-order valence-corrected chi connectivity index (χ0v) is 6.44. The first kappa shape index (κ1) is 4.86. The van der Waals surface area contributed by atoms with Crippen molar-refractivity contribution in [2.75, 3.05) is 0 Å². The van der Waals surface area contributed by atoms with Crippen molar-refractivity contribution >= 4 is 0 Å². The number of hydrogen-bond donors (Lipinski definition) is 0. The van der Waals surface area contributed by atoms with Crippen LogP contribution in [0.15, 0.2) is 0 Å². The van der Waals surface area contributed by atoms with Crippen molar-refractivity contribution in [3.8, 4) is 0 Å². The van der Waals surface area contributed by atoms with Gasteiger partial charge in [-0.15, -0.1) is 0 Å². The second kappa shape index (κ2) is 1.10. The van der Waals surface area contributed by atoms with Crippen molar-refractivity contribution in [2.45, 2.75) is 25.0 Å². The SMILES string of the molecule is C1C[C@@H]2C3C4[C@H]([C@H]5O[C@@H]5[C@@H]42)[C@H]13. The van der Waals surface area contributed by atoms with Crippen LogP contribution in [0.1, 0.15) is 12.8 Å². The summed E-state index contributed by atoms with van der Waals surface area (Å²) in [4.78, 5) is 0. The maximum atomic E-state index is 5.72. The van der Waals surface area contributed by atoms with E-state index < -0.39 is 0 Å². The molecule has 0 bridgehead atoms. The first-order chi connectivity index (χ1) is 5.47. The van der Waals surface area contributed by atoms with Gasteiger partial charge in [0.2, 0.25) is 0 Å². The van der Waals surface area contributed by atoms with Crippen molar-refractivity contribution in [3.63, 3.8) is 0 Å². The van der Waals surface area contributed by atoms with Gasteiger partial charge in [-0.25, -0.2) is 0 Å². The van der Waals surface area contributed by atoms with E-state index in [1.165, 1.54) is 11.8 Å². The molecular formula is C10H12O. The minimum atomic E-state index is 0.775. The molecule has 5 aliphatic rings. The van der Waals surface area contributed by atoms with E-state index in [0.29, 0.717) is 0 Å². The normalized spacial score (nSPS) is 85.1. The average molecular weight is 148 g/mol. The fourth-order valence-electron chi connectivity index (χ4n) is 5.29. The molecule has 5 fully saturated rings. The molecule has 58 valence electrons. The van der Waals surface area contributed by atoms with Crippen LogP contribution in [0.2, 0.25) is 0 Å².